The summed E-state index contributed by atoms with van der Waals surface area (Å²) in [5.74, 6) is -0.446. The molecule has 1 unspecified atom stereocenters. The summed E-state index contributed by atoms with van der Waals surface area (Å²) < 4.78 is 23.8. The smallest absolute Gasteiger partial charge is 0.235 e. The van der Waals surface area contributed by atoms with Crippen LogP contribution in [0.5, 0.6) is 0 Å². The molecule has 1 aliphatic rings. The lowest BCUT2D eigenvalue weighted by Gasteiger charge is -2.12. The van der Waals surface area contributed by atoms with E-state index in [2.05, 4.69) is 10.3 Å². The van der Waals surface area contributed by atoms with E-state index < -0.39 is 21.5 Å². The summed E-state index contributed by atoms with van der Waals surface area (Å²) in [6, 6.07) is 0.0609. The van der Waals surface area contributed by atoms with Crippen molar-refractivity contribution in [3.8, 4) is 0 Å². The first-order valence-corrected chi connectivity index (χ1v) is 8.36. The molecule has 7 heteroatoms. The highest BCUT2D eigenvalue weighted by Gasteiger charge is 2.30. The summed E-state index contributed by atoms with van der Waals surface area (Å²) in [5.41, 5.74) is 0.658. The third-order valence-electron chi connectivity index (χ3n) is 2.90. The van der Waals surface area contributed by atoms with Crippen molar-refractivity contribution in [1.29, 1.82) is 0 Å². The van der Waals surface area contributed by atoms with Crippen molar-refractivity contribution in [2.24, 2.45) is 5.92 Å². The highest BCUT2D eigenvalue weighted by atomic mass is 32.2. The van der Waals surface area contributed by atoms with E-state index in [0.29, 0.717) is 11.6 Å². The molecule has 1 heterocycles. The van der Waals surface area contributed by atoms with Gasteiger partial charge in [0.2, 0.25) is 20.1 Å². The molecule has 2 rings (SSSR count). The van der Waals surface area contributed by atoms with Crippen LogP contribution in [0.3, 0.4) is 0 Å². The van der Waals surface area contributed by atoms with Crippen molar-refractivity contribution in [3.63, 3.8) is 0 Å². The number of aromatic nitrogens is 1. The maximum atomic E-state index is 11.9. The van der Waals surface area contributed by atoms with E-state index in [1.165, 1.54) is 0 Å². The Morgan fingerprint density at radius 2 is 2.28 bits per heavy atom. The number of sulfone groups is 1. The Morgan fingerprint density at radius 1 is 1.61 bits per heavy atom. The first kappa shape index (κ1) is 13.5. The van der Waals surface area contributed by atoms with Gasteiger partial charge in [-0.15, -0.1) is 11.3 Å². The van der Waals surface area contributed by atoms with E-state index in [-0.39, 0.29) is 10.4 Å². The molecule has 1 saturated carbocycles. The van der Waals surface area contributed by atoms with Crippen LogP contribution < -0.4 is 5.32 Å². The van der Waals surface area contributed by atoms with Gasteiger partial charge in [0, 0.05) is 17.1 Å². The minimum absolute atomic E-state index is 0.0224. The van der Waals surface area contributed by atoms with Gasteiger partial charge in [-0.05, 0) is 32.6 Å². The van der Waals surface area contributed by atoms with Crippen LogP contribution >= 0.6 is 11.3 Å². The lowest BCUT2D eigenvalue weighted by Crippen LogP contribution is -2.37. The summed E-state index contributed by atoms with van der Waals surface area (Å²) in [6.45, 7) is 3.64. The minimum atomic E-state index is -3.59. The molecule has 0 aromatic carbocycles. The minimum Gasteiger partial charge on any atom is -0.352 e. The van der Waals surface area contributed by atoms with Gasteiger partial charge in [0.1, 0.15) is 5.75 Å². The van der Waals surface area contributed by atoms with Crippen LogP contribution in [0, 0.1) is 12.8 Å². The normalized spacial score (nSPS) is 17.4. The van der Waals surface area contributed by atoms with Gasteiger partial charge in [0.15, 0.2) is 0 Å². The van der Waals surface area contributed by atoms with Crippen LogP contribution in [0.1, 0.15) is 25.5 Å². The highest BCUT2D eigenvalue weighted by Crippen LogP contribution is 2.32. The number of aryl methyl sites for hydroxylation is 1. The summed E-state index contributed by atoms with van der Waals surface area (Å²) in [7, 11) is -3.59. The van der Waals surface area contributed by atoms with Gasteiger partial charge in [-0.25, -0.2) is 13.4 Å². The third-order valence-corrected chi connectivity index (χ3v) is 5.97. The zero-order valence-electron chi connectivity index (χ0n) is 10.3. The fourth-order valence-electron chi connectivity index (χ4n) is 1.72. The molecule has 1 N–H and O–H groups in total. The number of carbonyl (C=O) groups is 1. The fourth-order valence-corrected chi connectivity index (χ4v) is 3.98. The quantitative estimate of drug-likeness (QED) is 0.881. The number of nitrogens with one attached hydrogen (secondary N) is 1. The number of amides is 1. The van der Waals surface area contributed by atoms with Crippen LogP contribution in [-0.2, 0) is 14.6 Å². The second kappa shape index (κ2) is 4.97. The molecule has 0 radical (unpaired) electrons. The topological polar surface area (TPSA) is 76.1 Å². The molecule has 1 aliphatic carbocycles. The van der Waals surface area contributed by atoms with E-state index >= 15 is 0 Å². The highest BCUT2D eigenvalue weighted by molar-refractivity contribution is 7.93. The molecular weight excluding hydrogens is 272 g/mol. The molecule has 0 saturated heterocycles. The Balaban J connectivity index is 1.97. The molecule has 1 atom stereocenters. The van der Waals surface area contributed by atoms with E-state index in [1.807, 2.05) is 6.92 Å². The summed E-state index contributed by atoms with van der Waals surface area (Å²) in [6.07, 6.45) is 2.22. The van der Waals surface area contributed by atoms with Gasteiger partial charge < -0.3 is 5.32 Å². The first-order chi connectivity index (χ1) is 8.38. The van der Waals surface area contributed by atoms with Crippen molar-refractivity contribution in [2.75, 3.05) is 5.75 Å². The maximum Gasteiger partial charge on any atom is 0.235 e. The Labute approximate surface area is 111 Å². The van der Waals surface area contributed by atoms with Crippen molar-refractivity contribution >= 4 is 27.1 Å². The van der Waals surface area contributed by atoms with Crippen molar-refractivity contribution in [3.05, 3.63) is 11.1 Å². The number of hydrogen-bond acceptors (Lipinski definition) is 5. The van der Waals surface area contributed by atoms with Crippen molar-refractivity contribution < 1.29 is 13.2 Å². The monoisotopic (exact) mass is 288 g/mol. The standard InChI is InChI=1S/C11H16N2O3S2/c1-7-5-17-11(12-7)18(15,16)6-10(14)13-8(2)9-3-4-9/h5,8-9H,3-4,6H2,1-2H3,(H,13,14). The molecule has 1 fully saturated rings. The van der Waals surface area contributed by atoms with Gasteiger partial charge >= 0.3 is 0 Å². The predicted octanol–water partition coefficient (Wildman–Crippen LogP) is 1.14. The van der Waals surface area contributed by atoms with Crippen LogP contribution in [0.25, 0.3) is 0 Å². The fraction of sp³-hybridized carbons (Fsp3) is 0.636. The van der Waals surface area contributed by atoms with Crippen molar-refractivity contribution in [1.82, 2.24) is 10.3 Å². The largest absolute Gasteiger partial charge is 0.352 e. The first-order valence-electron chi connectivity index (χ1n) is 5.83. The zero-order chi connectivity index (χ0) is 13.3. The lowest BCUT2D eigenvalue weighted by atomic mass is 10.2. The second-order valence-corrected chi connectivity index (χ2v) is 7.73. The molecule has 0 spiro atoms. The van der Waals surface area contributed by atoms with Crippen LogP contribution in [-0.4, -0.2) is 31.1 Å². The molecular formula is C11H16N2O3S2. The lowest BCUT2D eigenvalue weighted by molar-refractivity contribution is -0.119. The number of hydrogen-bond donors (Lipinski definition) is 1. The zero-order valence-corrected chi connectivity index (χ0v) is 12.0. The Kier molecular flexibility index (Phi) is 3.72. The number of thiazole rings is 1. The number of rotatable bonds is 5. The molecule has 1 aromatic rings. The Bertz CT molecular complexity index is 546. The van der Waals surface area contributed by atoms with Gasteiger partial charge in [0.25, 0.3) is 0 Å². The summed E-state index contributed by atoms with van der Waals surface area (Å²) in [5, 5.41) is 4.40. The average molecular weight is 288 g/mol. The number of nitrogens with zero attached hydrogens (tertiary/aromatic N) is 1. The second-order valence-electron chi connectivity index (χ2n) is 4.71. The van der Waals surface area contributed by atoms with Crippen molar-refractivity contribution in [2.45, 2.75) is 37.1 Å². The summed E-state index contributed by atoms with van der Waals surface area (Å²) >= 11 is 1.06. The molecule has 100 valence electrons. The molecule has 0 aliphatic heterocycles. The summed E-state index contributed by atoms with van der Waals surface area (Å²) in [4.78, 5) is 15.6. The van der Waals surface area contributed by atoms with E-state index in [9.17, 15) is 13.2 Å². The van der Waals surface area contributed by atoms with Crippen LogP contribution in [0.15, 0.2) is 9.72 Å². The third kappa shape index (κ3) is 3.29. The maximum absolute atomic E-state index is 11.9. The van der Waals surface area contributed by atoms with Gasteiger partial charge in [-0.3, -0.25) is 4.79 Å². The van der Waals surface area contributed by atoms with Gasteiger partial charge in [-0.1, -0.05) is 0 Å². The van der Waals surface area contributed by atoms with Crippen LogP contribution in [0.2, 0.25) is 0 Å². The SMILES string of the molecule is Cc1csc(S(=O)(=O)CC(=O)NC(C)C2CC2)n1. The van der Waals surface area contributed by atoms with E-state index in [1.54, 1.807) is 12.3 Å². The van der Waals surface area contributed by atoms with E-state index in [0.717, 1.165) is 24.2 Å². The van der Waals surface area contributed by atoms with Crippen LogP contribution in [0.4, 0.5) is 0 Å². The molecule has 18 heavy (non-hydrogen) atoms. The molecule has 5 nitrogen and oxygen atoms in total. The van der Waals surface area contributed by atoms with Gasteiger partial charge in [-0.2, -0.15) is 0 Å². The number of carbonyl (C=O) groups excluding carboxylic acids is 1. The average Bonchev–Trinajstić information content (AvgIpc) is 3.00. The van der Waals surface area contributed by atoms with Gasteiger partial charge in [0.05, 0.1) is 0 Å². The predicted molar refractivity (Wildman–Crippen MR) is 69.2 cm³/mol. The van der Waals surface area contributed by atoms with E-state index in [4.69, 9.17) is 0 Å². The molecule has 0 bridgehead atoms. The molecule has 1 amide bonds. The Hall–Kier alpha value is -0.950. The molecule has 1 aromatic heterocycles. The Morgan fingerprint density at radius 3 is 2.78 bits per heavy atom.